The number of ether oxygens (including phenoxy) is 6. The Kier molecular flexibility index (Phi) is 10.0. The van der Waals surface area contributed by atoms with Crippen molar-refractivity contribution in [3.63, 3.8) is 0 Å². The van der Waals surface area contributed by atoms with Crippen molar-refractivity contribution >= 4 is 23.9 Å². The number of hydrogen-bond donors (Lipinski definition) is 0. The lowest BCUT2D eigenvalue weighted by atomic mass is 9.93. The van der Waals surface area contributed by atoms with Crippen LogP contribution >= 0.6 is 0 Å². The number of aromatic nitrogens is 2. The van der Waals surface area contributed by atoms with E-state index >= 15 is 0 Å². The maximum atomic E-state index is 14.4. The summed E-state index contributed by atoms with van der Waals surface area (Å²) < 4.78 is 50.3. The van der Waals surface area contributed by atoms with Gasteiger partial charge in [0.05, 0.1) is 6.04 Å². The summed E-state index contributed by atoms with van der Waals surface area (Å²) >= 11 is 0. The van der Waals surface area contributed by atoms with E-state index in [-0.39, 0.29) is 30.8 Å². The highest BCUT2D eigenvalue weighted by atomic mass is 19.1. The topological polar surface area (TPSA) is 141 Å². The Morgan fingerprint density at radius 3 is 2.12 bits per heavy atom. The fourth-order valence-corrected chi connectivity index (χ4v) is 5.16. The summed E-state index contributed by atoms with van der Waals surface area (Å²) in [7, 11) is 0. The maximum Gasteiger partial charge on any atom is 0.303 e. The minimum atomic E-state index is -1.43. The van der Waals surface area contributed by atoms with Crippen LogP contribution in [0, 0.1) is 19.7 Å². The van der Waals surface area contributed by atoms with Gasteiger partial charge in [-0.15, -0.1) is 5.10 Å². The number of rotatable bonds is 10. The van der Waals surface area contributed by atoms with Crippen molar-refractivity contribution in [2.45, 2.75) is 104 Å². The van der Waals surface area contributed by atoms with Crippen molar-refractivity contribution in [2.24, 2.45) is 0 Å². The van der Waals surface area contributed by atoms with Gasteiger partial charge < -0.3 is 28.4 Å². The molecule has 0 spiro atoms. The average Bonchev–Trinajstić information content (AvgIpc) is 3.16. The van der Waals surface area contributed by atoms with Gasteiger partial charge in [0.1, 0.15) is 18.5 Å². The summed E-state index contributed by atoms with van der Waals surface area (Å²) in [6.07, 6.45) is -3.51. The molecule has 2 aromatic rings. The van der Waals surface area contributed by atoms with Gasteiger partial charge in [-0.3, -0.25) is 23.9 Å². The first-order valence-electron chi connectivity index (χ1n) is 14.1. The summed E-state index contributed by atoms with van der Waals surface area (Å²) in [5, 5.41) is 4.73. The molecule has 4 rings (SSSR count). The number of halogens is 1. The molecule has 1 saturated heterocycles. The van der Waals surface area contributed by atoms with E-state index in [9.17, 15) is 23.6 Å². The molecule has 234 valence electrons. The van der Waals surface area contributed by atoms with Crippen molar-refractivity contribution < 1.29 is 52.0 Å². The zero-order valence-electron chi connectivity index (χ0n) is 25.1. The minimum Gasteiger partial charge on any atom is -0.463 e. The largest absolute Gasteiger partial charge is 0.463 e. The molecular formula is C30H37FN2O10. The molecule has 1 aliphatic carbocycles. The quantitative estimate of drug-likeness (QED) is 0.291. The third kappa shape index (κ3) is 7.70. The third-order valence-electron chi connectivity index (χ3n) is 7.45. The van der Waals surface area contributed by atoms with E-state index in [4.69, 9.17) is 33.5 Å². The number of esters is 4. The Morgan fingerprint density at radius 2 is 1.56 bits per heavy atom. The van der Waals surface area contributed by atoms with Crippen LogP contribution in [0.3, 0.4) is 0 Å². The molecule has 2 fully saturated rings. The number of nitrogens with zero attached hydrogens (tertiary/aromatic N) is 2. The molecule has 12 nitrogen and oxygen atoms in total. The van der Waals surface area contributed by atoms with Gasteiger partial charge in [-0.1, -0.05) is 12.1 Å². The van der Waals surface area contributed by atoms with Crippen molar-refractivity contribution in [1.29, 1.82) is 0 Å². The molecule has 0 unspecified atom stereocenters. The van der Waals surface area contributed by atoms with Crippen LogP contribution in [0.25, 0.3) is 0 Å². The molecule has 1 saturated carbocycles. The monoisotopic (exact) mass is 604 g/mol. The van der Waals surface area contributed by atoms with Crippen LogP contribution in [0.4, 0.5) is 4.39 Å². The van der Waals surface area contributed by atoms with Crippen LogP contribution in [0.2, 0.25) is 0 Å². The first kappa shape index (κ1) is 31.9. The predicted octanol–water partition coefficient (Wildman–Crippen LogP) is 3.42. The van der Waals surface area contributed by atoms with Crippen molar-refractivity contribution in [2.75, 3.05) is 6.61 Å². The Balaban J connectivity index is 1.76. The fourth-order valence-electron chi connectivity index (χ4n) is 5.16. The molecule has 43 heavy (non-hydrogen) atoms. The van der Waals surface area contributed by atoms with Gasteiger partial charge in [-0.05, 0) is 50.3 Å². The number of carbonyl (C=O) groups excluding carboxylic acids is 4. The molecule has 0 amide bonds. The molecule has 1 aromatic heterocycles. The molecule has 13 heteroatoms. The number of carbonyl (C=O) groups is 4. The predicted molar refractivity (Wildman–Crippen MR) is 146 cm³/mol. The maximum absolute atomic E-state index is 14.4. The zero-order chi connectivity index (χ0) is 31.4. The van der Waals surface area contributed by atoms with Crippen LogP contribution in [0.1, 0.15) is 75.4 Å². The lowest BCUT2D eigenvalue weighted by molar-refractivity contribution is -0.289. The summed E-state index contributed by atoms with van der Waals surface area (Å²) in [5.74, 6) is -3.06. The standard InChI is InChI=1S/C30H37FN2O10/c1-15-10-11-21(13-24(15)31)12-23-16(2)33(22-8-7-9-22)32-29(23)43-30-28(41-20(6)37)27(40-19(5)36)26(39-18(4)35)25(42-30)14-38-17(3)34/h10-11,13,22,25-28,30H,7-9,12,14H2,1-6H3/t25-,26-,27+,28-,30+/m1/s1. The third-order valence-corrected chi connectivity index (χ3v) is 7.45. The summed E-state index contributed by atoms with van der Waals surface area (Å²) in [4.78, 5) is 48.1. The zero-order valence-corrected chi connectivity index (χ0v) is 25.1. The van der Waals surface area contributed by atoms with Gasteiger partial charge in [0.25, 0.3) is 0 Å². The molecule has 1 aromatic carbocycles. The van der Waals surface area contributed by atoms with Gasteiger partial charge in [0.15, 0.2) is 12.2 Å². The van der Waals surface area contributed by atoms with Crippen molar-refractivity contribution in [3.05, 3.63) is 46.4 Å². The molecule has 0 N–H and O–H groups in total. The van der Waals surface area contributed by atoms with Crippen LogP contribution < -0.4 is 4.74 Å². The van der Waals surface area contributed by atoms with Crippen LogP contribution in [-0.2, 0) is 49.3 Å². The molecule has 5 atom stereocenters. The molecular weight excluding hydrogens is 567 g/mol. The Labute approximate surface area is 248 Å². The van der Waals surface area contributed by atoms with E-state index in [1.54, 1.807) is 13.0 Å². The highest BCUT2D eigenvalue weighted by molar-refractivity contribution is 5.68. The normalized spacial score (nSPS) is 23.6. The van der Waals surface area contributed by atoms with E-state index in [0.717, 1.165) is 45.7 Å². The minimum absolute atomic E-state index is 0.145. The number of benzene rings is 1. The Morgan fingerprint density at radius 1 is 0.930 bits per heavy atom. The lowest BCUT2D eigenvalue weighted by Gasteiger charge is -2.43. The second kappa shape index (κ2) is 13.5. The van der Waals surface area contributed by atoms with E-state index in [1.807, 2.05) is 17.7 Å². The first-order chi connectivity index (χ1) is 20.3. The summed E-state index contributed by atoms with van der Waals surface area (Å²) in [5.41, 5.74) is 2.67. The van der Waals surface area contributed by atoms with Gasteiger partial charge in [0, 0.05) is 45.4 Å². The number of hydrogen-bond acceptors (Lipinski definition) is 11. The van der Waals surface area contributed by atoms with E-state index < -0.39 is 54.6 Å². The molecule has 2 heterocycles. The summed E-state index contributed by atoms with van der Waals surface area (Å²) in [6, 6.07) is 5.11. The lowest BCUT2D eigenvalue weighted by Crippen LogP contribution is -2.63. The van der Waals surface area contributed by atoms with E-state index in [0.29, 0.717) is 16.7 Å². The van der Waals surface area contributed by atoms with Crippen LogP contribution in [0.15, 0.2) is 18.2 Å². The Bertz CT molecular complexity index is 1370. The van der Waals surface area contributed by atoms with Crippen molar-refractivity contribution in [3.8, 4) is 5.88 Å². The van der Waals surface area contributed by atoms with Crippen LogP contribution in [0.5, 0.6) is 5.88 Å². The second-order valence-electron chi connectivity index (χ2n) is 10.8. The Hall–Kier alpha value is -4.00. The van der Waals surface area contributed by atoms with Gasteiger partial charge in [-0.25, -0.2) is 4.39 Å². The fraction of sp³-hybridized carbons (Fsp3) is 0.567. The number of aryl methyl sites for hydroxylation is 1. The molecule has 2 aliphatic rings. The smallest absolute Gasteiger partial charge is 0.303 e. The van der Waals surface area contributed by atoms with E-state index in [1.165, 1.54) is 13.0 Å². The molecule has 1 aliphatic heterocycles. The molecule has 0 bridgehead atoms. The SMILES string of the molecule is CC(=O)OC[C@H]1O[C@@H](Oc2nn(C3CCC3)c(C)c2Cc2ccc(C)c(F)c2)[C@H](OC(C)=O)[C@@H](OC(C)=O)[C@@H]1OC(C)=O. The molecule has 0 radical (unpaired) electrons. The van der Waals surface area contributed by atoms with E-state index in [2.05, 4.69) is 0 Å². The van der Waals surface area contributed by atoms with Gasteiger partial charge in [-0.2, -0.15) is 0 Å². The van der Waals surface area contributed by atoms with Gasteiger partial charge in [0.2, 0.25) is 18.3 Å². The summed E-state index contributed by atoms with van der Waals surface area (Å²) in [6.45, 7) is 7.82. The van der Waals surface area contributed by atoms with Crippen LogP contribution in [-0.4, -0.2) is 71.0 Å². The highest BCUT2D eigenvalue weighted by Crippen LogP contribution is 2.38. The second-order valence-corrected chi connectivity index (χ2v) is 10.8. The first-order valence-corrected chi connectivity index (χ1v) is 14.1. The average molecular weight is 605 g/mol. The highest BCUT2D eigenvalue weighted by Gasteiger charge is 2.53. The van der Waals surface area contributed by atoms with Crippen molar-refractivity contribution in [1.82, 2.24) is 9.78 Å². The van der Waals surface area contributed by atoms with Gasteiger partial charge >= 0.3 is 23.9 Å².